The van der Waals surface area contributed by atoms with Crippen LogP contribution in [0.2, 0.25) is 0 Å². The zero-order valence-corrected chi connectivity index (χ0v) is 13.7. The number of hydrogen-bond acceptors (Lipinski definition) is 6. The fourth-order valence-electron chi connectivity index (χ4n) is 1.12. The van der Waals surface area contributed by atoms with E-state index in [1.807, 2.05) is 41.5 Å². The van der Waals surface area contributed by atoms with Crippen LogP contribution < -0.4 is 0 Å². The van der Waals surface area contributed by atoms with Crippen LogP contribution in [-0.2, 0) is 41.2 Å². The van der Waals surface area contributed by atoms with Crippen LogP contribution in [0, 0.1) is 0 Å². The standard InChI is InChI=1S/3C3H7O.C2H4O3.Ti/c3*1-3(2)4;1-2(3)5-4;/h3*3H,1-2H3;4H,1H3;/q3*-1;;+4/p-1. The van der Waals surface area contributed by atoms with Gasteiger partial charge in [-0.15, -0.1) is 0 Å². The summed E-state index contributed by atoms with van der Waals surface area (Å²) in [6.45, 7) is 12.3. The SMILES string of the molecule is CC(=O)O[O][Ti]([O]C(C)C)([O]C(C)C)[O]C(C)C. The van der Waals surface area contributed by atoms with Gasteiger partial charge in [0.05, 0.1) is 0 Å². The molecule has 0 heterocycles. The van der Waals surface area contributed by atoms with Crippen LogP contribution in [0.1, 0.15) is 48.5 Å². The minimum absolute atomic E-state index is 0.155. The van der Waals surface area contributed by atoms with Gasteiger partial charge in [-0.2, -0.15) is 0 Å². The average Bonchev–Trinajstić information content (AvgIpc) is 2.11. The van der Waals surface area contributed by atoms with Crippen molar-refractivity contribution in [2.75, 3.05) is 0 Å². The summed E-state index contributed by atoms with van der Waals surface area (Å²) in [5.41, 5.74) is 0. The Balaban J connectivity index is 4.91. The van der Waals surface area contributed by atoms with Gasteiger partial charge in [-0.25, -0.2) is 0 Å². The maximum atomic E-state index is 10.9. The van der Waals surface area contributed by atoms with Gasteiger partial charge in [0, 0.05) is 0 Å². The van der Waals surface area contributed by atoms with Gasteiger partial charge < -0.3 is 0 Å². The van der Waals surface area contributed by atoms with Crippen LogP contribution in [0.4, 0.5) is 0 Å². The van der Waals surface area contributed by atoms with Gasteiger partial charge in [0.25, 0.3) is 0 Å². The first-order valence-corrected chi connectivity index (χ1v) is 8.61. The molecular formula is C11H24O6Ti. The number of carbonyl (C=O) groups is 1. The van der Waals surface area contributed by atoms with E-state index in [9.17, 15) is 4.79 Å². The number of carbonyl (C=O) groups excluding carboxylic acids is 1. The van der Waals surface area contributed by atoms with Crippen molar-refractivity contribution in [2.45, 2.75) is 66.8 Å². The molecule has 7 heteroatoms. The molecule has 0 aromatic carbocycles. The molecule has 0 saturated heterocycles. The number of rotatable bonds is 8. The Morgan fingerprint density at radius 1 is 0.833 bits per heavy atom. The molecule has 0 amide bonds. The van der Waals surface area contributed by atoms with E-state index in [-0.39, 0.29) is 18.3 Å². The molecule has 0 aliphatic carbocycles. The first-order valence-electron chi connectivity index (χ1n) is 6.06. The molecular weight excluding hydrogens is 276 g/mol. The minimum atomic E-state index is -4.07. The molecule has 0 aliphatic heterocycles. The first kappa shape index (κ1) is 18.0. The van der Waals surface area contributed by atoms with E-state index < -0.39 is 24.1 Å². The monoisotopic (exact) mass is 300 g/mol. The van der Waals surface area contributed by atoms with Gasteiger partial charge >= 0.3 is 114 Å². The Labute approximate surface area is 114 Å². The van der Waals surface area contributed by atoms with E-state index in [0.29, 0.717) is 0 Å². The molecule has 0 rings (SSSR count). The quantitative estimate of drug-likeness (QED) is 0.390. The van der Waals surface area contributed by atoms with E-state index in [1.54, 1.807) is 0 Å². The van der Waals surface area contributed by atoms with Crippen molar-refractivity contribution in [3.63, 3.8) is 0 Å². The van der Waals surface area contributed by atoms with Crippen molar-refractivity contribution in [2.24, 2.45) is 0 Å². The van der Waals surface area contributed by atoms with E-state index >= 15 is 0 Å². The third kappa shape index (κ3) is 8.18. The normalized spacial score (nSPS) is 12.6. The summed E-state index contributed by atoms with van der Waals surface area (Å²) in [5, 5.41) is 0. The van der Waals surface area contributed by atoms with Crippen LogP contribution in [0.25, 0.3) is 0 Å². The van der Waals surface area contributed by atoms with Gasteiger partial charge in [0.2, 0.25) is 0 Å². The second-order valence-corrected chi connectivity index (χ2v) is 7.58. The van der Waals surface area contributed by atoms with Gasteiger partial charge in [0.15, 0.2) is 0 Å². The molecule has 0 spiro atoms. The Hall–Kier alpha value is 0.0243. The van der Waals surface area contributed by atoms with Gasteiger partial charge in [-0.3, -0.25) is 0 Å². The molecule has 0 aromatic heterocycles. The molecule has 6 nitrogen and oxygen atoms in total. The fourth-order valence-corrected chi connectivity index (χ4v) is 4.61. The Morgan fingerprint density at radius 3 is 1.39 bits per heavy atom. The molecule has 0 aromatic rings. The second kappa shape index (κ2) is 8.25. The number of hydrogen-bond donors (Lipinski definition) is 0. The summed E-state index contributed by atoms with van der Waals surface area (Å²) in [6.07, 6.45) is -0.464. The van der Waals surface area contributed by atoms with Crippen LogP contribution in [-0.4, -0.2) is 24.3 Å². The molecule has 0 saturated carbocycles. The second-order valence-electron chi connectivity index (χ2n) is 4.66. The molecule has 0 atom stereocenters. The summed E-state index contributed by atoms with van der Waals surface area (Å²) < 4.78 is 22.1. The molecule has 0 fully saturated rings. The van der Waals surface area contributed by atoms with Gasteiger partial charge in [0.1, 0.15) is 0 Å². The summed E-state index contributed by atoms with van der Waals surface area (Å²) in [7, 11) is 0. The third-order valence-corrected chi connectivity index (χ3v) is 5.41. The fraction of sp³-hybridized carbons (Fsp3) is 0.909. The van der Waals surface area contributed by atoms with Crippen molar-refractivity contribution < 1.29 is 41.2 Å². The van der Waals surface area contributed by atoms with Crippen molar-refractivity contribution in [3.05, 3.63) is 0 Å². The van der Waals surface area contributed by atoms with E-state index in [1.165, 1.54) is 6.92 Å². The molecule has 108 valence electrons. The summed E-state index contributed by atoms with van der Waals surface area (Å²) in [4.78, 5) is 15.4. The van der Waals surface area contributed by atoms with E-state index in [2.05, 4.69) is 4.89 Å². The first-order chi connectivity index (χ1) is 8.17. The average molecular weight is 300 g/mol. The van der Waals surface area contributed by atoms with Crippen molar-refractivity contribution >= 4 is 5.97 Å². The van der Waals surface area contributed by atoms with Gasteiger partial charge in [-0.05, 0) is 0 Å². The van der Waals surface area contributed by atoms with E-state index in [0.717, 1.165) is 0 Å². The van der Waals surface area contributed by atoms with Crippen LogP contribution in [0.5, 0.6) is 0 Å². The van der Waals surface area contributed by atoms with Crippen molar-refractivity contribution in [1.82, 2.24) is 0 Å². The van der Waals surface area contributed by atoms with Crippen LogP contribution in [0.15, 0.2) is 0 Å². The summed E-state index contributed by atoms with van der Waals surface area (Å²) in [6, 6.07) is 0. The zero-order valence-electron chi connectivity index (χ0n) is 12.2. The Morgan fingerprint density at radius 2 is 1.17 bits per heavy atom. The molecule has 0 aliphatic rings. The molecule has 0 unspecified atom stereocenters. The topological polar surface area (TPSA) is 63.2 Å². The van der Waals surface area contributed by atoms with Gasteiger partial charge in [-0.1, -0.05) is 0 Å². The Bertz CT molecular complexity index is 227. The molecule has 0 bridgehead atoms. The summed E-state index contributed by atoms with van der Waals surface area (Å²) in [5.74, 6) is -0.572. The maximum absolute atomic E-state index is 10.9. The predicted molar refractivity (Wildman–Crippen MR) is 61.5 cm³/mol. The zero-order chi connectivity index (χ0) is 14.3. The van der Waals surface area contributed by atoms with E-state index in [4.69, 9.17) is 13.4 Å². The molecule has 18 heavy (non-hydrogen) atoms. The third-order valence-electron chi connectivity index (χ3n) is 1.40. The van der Waals surface area contributed by atoms with Crippen LogP contribution >= 0.6 is 0 Å². The molecule has 0 radical (unpaired) electrons. The van der Waals surface area contributed by atoms with Crippen molar-refractivity contribution in [3.8, 4) is 0 Å². The molecule has 0 N–H and O–H groups in total. The Kier molecular flexibility index (Phi) is 8.26. The summed E-state index contributed by atoms with van der Waals surface area (Å²) >= 11 is -4.07. The van der Waals surface area contributed by atoms with Crippen LogP contribution in [0.3, 0.4) is 0 Å². The van der Waals surface area contributed by atoms with Crippen molar-refractivity contribution in [1.29, 1.82) is 0 Å². The predicted octanol–water partition coefficient (Wildman–Crippen LogP) is 2.57.